The highest BCUT2D eigenvalue weighted by Gasteiger charge is 2.29. The van der Waals surface area contributed by atoms with E-state index in [9.17, 15) is 48.6 Å². The van der Waals surface area contributed by atoms with E-state index in [-0.39, 0.29) is 116 Å². The number of hydrogen-bond acceptors (Lipinski definition) is 18. The van der Waals surface area contributed by atoms with Crippen LogP contribution in [0, 0.1) is 18.8 Å². The number of aromatic amines is 1. The van der Waals surface area contributed by atoms with Crippen LogP contribution < -0.4 is 21.7 Å². The minimum atomic E-state index is -1.33. The number of imide groups is 1. The molecule has 23 nitrogen and oxygen atoms in total. The summed E-state index contributed by atoms with van der Waals surface area (Å²) in [6.07, 6.45) is 6.28. The molecule has 0 aliphatic carbocycles. The molecule has 0 saturated heterocycles. The maximum absolute atomic E-state index is 13.6. The van der Waals surface area contributed by atoms with Crippen LogP contribution in [0.1, 0.15) is 116 Å². The van der Waals surface area contributed by atoms with Crippen molar-refractivity contribution in [1.29, 1.82) is 0 Å². The maximum atomic E-state index is 13.6. The number of hydrogen-bond donors (Lipinski definition) is 7. The highest BCUT2D eigenvalue weighted by Crippen LogP contribution is 2.26. The van der Waals surface area contributed by atoms with Gasteiger partial charge in [-0.1, -0.05) is 38.8 Å². The molecule has 378 valence electrons. The molecule has 72 heavy (non-hydrogen) atoms. The van der Waals surface area contributed by atoms with Crippen molar-refractivity contribution < 1.29 is 48.6 Å². The van der Waals surface area contributed by atoms with Crippen molar-refractivity contribution in [3.63, 3.8) is 0 Å². The fraction of sp³-hybridized carbons (Fsp3) is 0.408. The number of aryl methyl sites for hydroxylation is 1. The number of tetrazole rings is 1. The number of carboxylic acid groups (broad SMARTS) is 1. The van der Waals surface area contributed by atoms with Crippen LogP contribution in [0.15, 0.2) is 54.7 Å². The van der Waals surface area contributed by atoms with Crippen LogP contribution in [0.2, 0.25) is 0 Å². The first-order valence-corrected chi connectivity index (χ1v) is 23.5. The number of phenols is 1. The van der Waals surface area contributed by atoms with Gasteiger partial charge in [-0.05, 0) is 74.4 Å². The lowest BCUT2D eigenvalue weighted by molar-refractivity contribution is -0.139. The Morgan fingerprint density at radius 2 is 1.60 bits per heavy atom. The summed E-state index contributed by atoms with van der Waals surface area (Å²) in [5.74, 6) is -4.48. The fourth-order valence-electron chi connectivity index (χ4n) is 8.01. The number of fused-ring (bicyclic) bond motifs is 1. The minimum Gasteiger partial charge on any atom is -0.507 e. The Hall–Kier alpha value is -8.37. The van der Waals surface area contributed by atoms with Crippen molar-refractivity contribution in [2.24, 2.45) is 11.8 Å². The number of aromatic hydroxyl groups is 1. The van der Waals surface area contributed by atoms with Gasteiger partial charge in [-0.2, -0.15) is 5.21 Å². The molecule has 0 fully saturated rings. The third kappa shape index (κ3) is 14.1. The zero-order chi connectivity index (χ0) is 52.1. The highest BCUT2D eigenvalue weighted by molar-refractivity contribution is 6.12. The van der Waals surface area contributed by atoms with Crippen LogP contribution in [0.4, 0.5) is 11.5 Å². The van der Waals surface area contributed by atoms with Crippen molar-refractivity contribution in [3.05, 3.63) is 83.0 Å². The van der Waals surface area contributed by atoms with Gasteiger partial charge < -0.3 is 31.9 Å². The maximum Gasteiger partial charge on any atom is 0.326 e. The molecule has 0 spiro atoms. The monoisotopic (exact) mass is 987 g/mol. The summed E-state index contributed by atoms with van der Waals surface area (Å²) in [5, 5.41) is 43.0. The number of aliphatic carboxylic acids is 1. The molecular weight excluding hydrogens is 931 g/mol. The Morgan fingerprint density at radius 1 is 0.861 bits per heavy atom. The number of nitrogens with one attached hydrogen (secondary N) is 4. The summed E-state index contributed by atoms with van der Waals surface area (Å²) in [6, 6.07) is 6.71. The molecule has 8 N–H and O–H groups in total. The molecule has 1 aliphatic heterocycles. The molecule has 6 rings (SSSR count). The summed E-state index contributed by atoms with van der Waals surface area (Å²) in [6.45, 7) is 7.37. The number of anilines is 2. The Balaban J connectivity index is 0.964. The zero-order valence-corrected chi connectivity index (χ0v) is 40.3. The van der Waals surface area contributed by atoms with Gasteiger partial charge in [0, 0.05) is 73.2 Å². The smallest absolute Gasteiger partial charge is 0.326 e. The summed E-state index contributed by atoms with van der Waals surface area (Å²) < 4.78 is 0. The van der Waals surface area contributed by atoms with Gasteiger partial charge in [0.05, 0.1) is 30.0 Å². The molecule has 0 radical (unpaired) electrons. The molecule has 4 amide bonds. The first-order chi connectivity index (χ1) is 34.4. The number of carboxylic acids is 1. The van der Waals surface area contributed by atoms with E-state index >= 15 is 0 Å². The number of carbonyl (C=O) groups is 8. The molecule has 4 heterocycles. The number of aromatic nitrogens is 8. The molecule has 1 aliphatic rings. The van der Waals surface area contributed by atoms with Gasteiger partial charge in [-0.15, -0.1) is 10.2 Å². The molecule has 3 atom stereocenters. The summed E-state index contributed by atoms with van der Waals surface area (Å²) in [4.78, 5) is 120. The van der Waals surface area contributed by atoms with Crippen molar-refractivity contribution in [1.82, 2.24) is 56.1 Å². The van der Waals surface area contributed by atoms with Gasteiger partial charge >= 0.3 is 5.97 Å². The van der Waals surface area contributed by atoms with E-state index in [4.69, 9.17) is 5.73 Å². The number of nitrogens with two attached hydrogens (primary N) is 1. The normalized spacial score (nSPS) is 13.5. The summed E-state index contributed by atoms with van der Waals surface area (Å²) in [5.41, 5.74) is 8.53. The topological polar surface area (TPSA) is 348 Å². The first kappa shape index (κ1) is 53.0. The molecule has 0 unspecified atom stereocenters. The number of ketones is 3. The third-order valence-electron chi connectivity index (χ3n) is 12.1. The third-order valence-corrected chi connectivity index (χ3v) is 12.1. The van der Waals surface area contributed by atoms with E-state index in [0.29, 0.717) is 58.8 Å². The fourth-order valence-corrected chi connectivity index (χ4v) is 8.01. The van der Waals surface area contributed by atoms with E-state index in [1.807, 2.05) is 13.8 Å². The lowest BCUT2D eigenvalue weighted by Crippen LogP contribution is -2.44. The van der Waals surface area contributed by atoms with Crippen LogP contribution in [-0.2, 0) is 41.7 Å². The molecule has 5 aromatic rings. The second-order valence-corrected chi connectivity index (χ2v) is 17.9. The number of nitrogens with zero attached hydrogens (tertiary/aromatic N) is 8. The quantitative estimate of drug-likeness (QED) is 0.0224. The zero-order valence-electron chi connectivity index (χ0n) is 40.3. The van der Waals surface area contributed by atoms with E-state index < -0.39 is 41.5 Å². The Bertz CT molecular complexity index is 2870. The van der Waals surface area contributed by atoms with E-state index in [2.05, 4.69) is 56.5 Å². The number of H-pyrrole nitrogens is 1. The Morgan fingerprint density at radius 3 is 2.29 bits per heavy atom. The Kier molecular flexibility index (Phi) is 18.0. The highest BCUT2D eigenvalue weighted by atomic mass is 16.4. The van der Waals surface area contributed by atoms with Gasteiger partial charge in [0.2, 0.25) is 11.7 Å². The number of rotatable bonds is 27. The molecule has 2 aromatic carbocycles. The van der Waals surface area contributed by atoms with E-state index in [1.54, 1.807) is 32.0 Å². The second-order valence-electron chi connectivity index (χ2n) is 17.9. The summed E-state index contributed by atoms with van der Waals surface area (Å²) in [7, 11) is 0. The average Bonchev–Trinajstić information content (AvgIpc) is 3.99. The summed E-state index contributed by atoms with van der Waals surface area (Å²) >= 11 is 0. The molecule has 0 bridgehead atoms. The van der Waals surface area contributed by atoms with Crippen LogP contribution in [-0.4, -0.2) is 121 Å². The minimum absolute atomic E-state index is 0.00215. The number of unbranched alkanes of at least 4 members (excludes halogenated alkanes) is 3. The Labute approximate surface area is 413 Å². The molecule has 3 aromatic heterocycles. The van der Waals surface area contributed by atoms with Crippen LogP contribution >= 0.6 is 0 Å². The van der Waals surface area contributed by atoms with Crippen LogP contribution in [0.5, 0.6) is 5.75 Å². The number of nitrogen functional groups attached to an aromatic ring is 1. The number of amides is 4. The molecular formula is C49H57N13O10. The SMILES string of the molecule is Cc1nc(N)c2nc(CNc3ccc(C(=O)N[C@@H](CCCCC(=O)c4ccc(CC(=O)[C@H](C)NC(=O)[C@@H](CC(=O)CCCCCN5C(=O)C=CC5=O)C(C)C)cc4-c4nn[nH]n4)C(=O)O)c(O)c3)cnc2n1. The van der Waals surface area contributed by atoms with Gasteiger partial charge in [0.1, 0.15) is 23.4 Å². The van der Waals surface area contributed by atoms with Gasteiger partial charge in [0.25, 0.3) is 17.7 Å². The average molecular weight is 988 g/mol. The number of benzene rings is 2. The number of Topliss-reactive ketones (excluding diaryl/α,β-unsaturated/α-hetero) is 3. The standard InChI is InChI=1S/C49H57N13O10/c1-26(2)35(23-32(63)10-6-5-9-19-62-41(67)17-18-42(62)68)48(70)53-27(3)39(65)21-29-13-15-33(36(20-29)45-58-60-61-59-45)38(64)12-8-7-11-37(49(71)72)57-47(69)34-16-14-30(22-40(34)66)51-24-31-25-52-46-43(56-31)44(50)54-28(4)55-46/h13-18,20,22,25-27,35,37,51,66H,5-12,19,21,23-24H2,1-4H3,(H,53,70)(H,57,69)(H,71,72)(H2,50,52,54,55)(H,58,59,60,61)/t27-,35-,37-/m0/s1. The van der Waals surface area contributed by atoms with Gasteiger partial charge in [-0.3, -0.25) is 38.5 Å². The number of phenolic OH excluding ortho intramolecular Hbond substituents is 1. The first-order valence-electron chi connectivity index (χ1n) is 23.5. The van der Waals surface area contributed by atoms with Gasteiger partial charge in [-0.25, -0.2) is 24.7 Å². The van der Waals surface area contributed by atoms with Crippen LogP contribution in [0.25, 0.3) is 22.6 Å². The predicted molar refractivity (Wildman–Crippen MR) is 260 cm³/mol. The van der Waals surface area contributed by atoms with Crippen molar-refractivity contribution in [2.45, 2.75) is 111 Å². The van der Waals surface area contributed by atoms with Crippen molar-refractivity contribution in [2.75, 3.05) is 17.6 Å². The van der Waals surface area contributed by atoms with Crippen molar-refractivity contribution in [3.8, 4) is 17.1 Å². The van der Waals surface area contributed by atoms with Crippen LogP contribution in [0.3, 0.4) is 0 Å². The van der Waals surface area contributed by atoms with E-state index in [1.165, 1.54) is 36.5 Å². The largest absolute Gasteiger partial charge is 0.507 e. The second kappa shape index (κ2) is 24.5. The predicted octanol–water partition coefficient (Wildman–Crippen LogP) is 3.77. The molecule has 0 saturated carbocycles. The lowest BCUT2D eigenvalue weighted by Gasteiger charge is -2.22. The molecule has 23 heteroatoms. The lowest BCUT2D eigenvalue weighted by atomic mass is 9.88. The number of carbonyl (C=O) groups excluding carboxylic acids is 7. The van der Waals surface area contributed by atoms with Crippen molar-refractivity contribution >= 4 is 69.6 Å². The van der Waals surface area contributed by atoms with E-state index in [0.717, 1.165) is 4.90 Å². The van der Waals surface area contributed by atoms with Gasteiger partial charge in [0.15, 0.2) is 28.5 Å².